The molecule has 3 rings (SSSR count). The Hall–Kier alpha value is -3.35. The summed E-state index contributed by atoms with van der Waals surface area (Å²) in [7, 11) is 2.97. The molecule has 0 radical (unpaired) electrons. The summed E-state index contributed by atoms with van der Waals surface area (Å²) in [6.07, 6.45) is 6.20. The average molecular weight is 440 g/mol. The van der Waals surface area contributed by atoms with Gasteiger partial charge in [-0.3, -0.25) is 14.4 Å². The zero-order chi connectivity index (χ0) is 22.9. The number of Topliss-reactive ketones (excluding diaryl/α,β-unsaturated/α-hetero) is 1. The Morgan fingerprint density at radius 3 is 2.19 bits per heavy atom. The van der Waals surface area contributed by atoms with Crippen molar-refractivity contribution in [3.8, 4) is 11.5 Å². The van der Waals surface area contributed by atoms with Crippen LogP contribution in [-0.4, -0.2) is 45.0 Å². The SMILES string of the molecule is COc1ccc(C(=O)NCC(=O)OCC(=O)c2ccc(C3CCCCC3)cc2)cc1OC. The minimum atomic E-state index is -0.689. The quantitative estimate of drug-likeness (QED) is 0.471. The van der Waals surface area contributed by atoms with Crippen LogP contribution in [0.2, 0.25) is 0 Å². The lowest BCUT2D eigenvalue weighted by Gasteiger charge is -2.22. The van der Waals surface area contributed by atoms with Crippen LogP contribution in [0.4, 0.5) is 0 Å². The molecule has 0 heterocycles. The van der Waals surface area contributed by atoms with E-state index in [2.05, 4.69) is 5.32 Å². The van der Waals surface area contributed by atoms with Crippen molar-refractivity contribution in [2.45, 2.75) is 38.0 Å². The Morgan fingerprint density at radius 2 is 1.53 bits per heavy atom. The highest BCUT2D eigenvalue weighted by Crippen LogP contribution is 2.32. The number of amides is 1. The van der Waals surface area contributed by atoms with Crippen LogP contribution in [0.3, 0.4) is 0 Å². The third-order valence-electron chi connectivity index (χ3n) is 5.71. The molecular formula is C25H29NO6. The molecule has 0 bridgehead atoms. The predicted molar refractivity (Wildman–Crippen MR) is 119 cm³/mol. The van der Waals surface area contributed by atoms with E-state index in [1.54, 1.807) is 24.3 Å². The van der Waals surface area contributed by atoms with Gasteiger partial charge in [0.25, 0.3) is 5.91 Å². The van der Waals surface area contributed by atoms with E-state index in [9.17, 15) is 14.4 Å². The number of carbonyl (C=O) groups is 3. The van der Waals surface area contributed by atoms with Gasteiger partial charge in [0.05, 0.1) is 14.2 Å². The van der Waals surface area contributed by atoms with Gasteiger partial charge in [0.15, 0.2) is 23.9 Å². The van der Waals surface area contributed by atoms with Crippen LogP contribution in [-0.2, 0) is 9.53 Å². The highest BCUT2D eigenvalue weighted by Gasteiger charge is 2.17. The minimum Gasteiger partial charge on any atom is -0.493 e. The number of ketones is 1. The number of carbonyl (C=O) groups excluding carboxylic acids is 3. The lowest BCUT2D eigenvalue weighted by molar-refractivity contribution is -0.141. The monoisotopic (exact) mass is 439 g/mol. The summed E-state index contributed by atoms with van der Waals surface area (Å²) in [5, 5.41) is 2.47. The Labute approximate surface area is 188 Å². The number of ether oxygens (including phenoxy) is 3. The van der Waals surface area contributed by atoms with Gasteiger partial charge in [-0.1, -0.05) is 43.5 Å². The maximum atomic E-state index is 12.3. The topological polar surface area (TPSA) is 90.9 Å². The molecule has 1 fully saturated rings. The first-order valence-corrected chi connectivity index (χ1v) is 10.8. The van der Waals surface area contributed by atoms with Gasteiger partial charge >= 0.3 is 5.97 Å². The highest BCUT2D eigenvalue weighted by atomic mass is 16.5. The van der Waals surface area contributed by atoms with Crippen LogP contribution in [0, 0.1) is 0 Å². The number of hydrogen-bond acceptors (Lipinski definition) is 6. The first-order chi connectivity index (χ1) is 15.5. The molecule has 1 amide bonds. The fraction of sp³-hybridized carbons (Fsp3) is 0.400. The van der Waals surface area contributed by atoms with Crippen LogP contribution >= 0.6 is 0 Å². The van der Waals surface area contributed by atoms with E-state index in [0.717, 1.165) is 0 Å². The zero-order valence-corrected chi connectivity index (χ0v) is 18.5. The molecule has 7 nitrogen and oxygen atoms in total. The van der Waals surface area contributed by atoms with Crippen molar-refractivity contribution >= 4 is 17.7 Å². The molecular weight excluding hydrogens is 410 g/mol. The second-order valence-electron chi connectivity index (χ2n) is 7.79. The number of hydrogen-bond donors (Lipinski definition) is 1. The molecule has 1 aliphatic carbocycles. The van der Waals surface area contributed by atoms with Gasteiger partial charge in [-0.05, 0) is 42.5 Å². The number of nitrogens with one attached hydrogen (secondary N) is 1. The summed E-state index contributed by atoms with van der Waals surface area (Å²) in [6.45, 7) is -0.713. The maximum Gasteiger partial charge on any atom is 0.325 e. The van der Waals surface area contributed by atoms with Crippen molar-refractivity contribution < 1.29 is 28.6 Å². The molecule has 1 N–H and O–H groups in total. The lowest BCUT2D eigenvalue weighted by Crippen LogP contribution is -2.31. The summed E-state index contributed by atoms with van der Waals surface area (Å²) in [5.41, 5.74) is 2.08. The fourth-order valence-corrected chi connectivity index (χ4v) is 3.89. The van der Waals surface area contributed by atoms with E-state index < -0.39 is 11.9 Å². The highest BCUT2D eigenvalue weighted by molar-refractivity contribution is 5.99. The Morgan fingerprint density at radius 1 is 0.875 bits per heavy atom. The summed E-state index contributed by atoms with van der Waals surface area (Å²) in [4.78, 5) is 36.6. The fourth-order valence-electron chi connectivity index (χ4n) is 3.89. The van der Waals surface area contributed by atoms with Crippen molar-refractivity contribution in [1.82, 2.24) is 5.32 Å². The van der Waals surface area contributed by atoms with Crippen molar-refractivity contribution in [2.24, 2.45) is 0 Å². The second-order valence-corrected chi connectivity index (χ2v) is 7.79. The predicted octanol–water partition coefficient (Wildman–Crippen LogP) is 3.91. The van der Waals surface area contributed by atoms with Gasteiger partial charge in [0, 0.05) is 11.1 Å². The minimum absolute atomic E-state index is 0.278. The van der Waals surface area contributed by atoms with Gasteiger partial charge in [-0.15, -0.1) is 0 Å². The van der Waals surface area contributed by atoms with E-state index in [4.69, 9.17) is 14.2 Å². The van der Waals surface area contributed by atoms with E-state index in [-0.39, 0.29) is 18.9 Å². The lowest BCUT2D eigenvalue weighted by atomic mass is 9.84. The molecule has 0 saturated heterocycles. The van der Waals surface area contributed by atoms with Crippen LogP contribution in [0.15, 0.2) is 42.5 Å². The standard InChI is InChI=1S/C25H29NO6/c1-30-22-13-12-20(14-23(22)31-2)25(29)26-15-24(28)32-16-21(27)19-10-8-18(9-11-19)17-6-4-3-5-7-17/h8-14,17H,3-7,15-16H2,1-2H3,(H,26,29). The van der Waals surface area contributed by atoms with E-state index in [1.807, 2.05) is 12.1 Å². The third kappa shape index (κ3) is 6.09. The van der Waals surface area contributed by atoms with Gasteiger partial charge in [0.2, 0.25) is 0 Å². The molecule has 0 aliphatic heterocycles. The number of esters is 1. The molecule has 1 saturated carbocycles. The Balaban J connectivity index is 1.45. The molecule has 2 aromatic rings. The second kappa shape index (κ2) is 11.3. The van der Waals surface area contributed by atoms with Crippen LogP contribution < -0.4 is 14.8 Å². The largest absolute Gasteiger partial charge is 0.493 e. The summed E-state index contributed by atoms with van der Waals surface area (Å²) in [5.74, 6) is 0.0369. The maximum absolute atomic E-state index is 12.3. The van der Waals surface area contributed by atoms with E-state index >= 15 is 0 Å². The molecule has 0 spiro atoms. The number of rotatable bonds is 9. The molecule has 32 heavy (non-hydrogen) atoms. The van der Waals surface area contributed by atoms with Gasteiger partial charge < -0.3 is 19.5 Å². The molecule has 7 heteroatoms. The molecule has 0 atom stereocenters. The number of benzene rings is 2. The van der Waals surface area contributed by atoms with Crippen LogP contribution in [0.1, 0.15) is 64.3 Å². The van der Waals surface area contributed by atoms with Gasteiger partial charge in [0.1, 0.15) is 6.54 Å². The van der Waals surface area contributed by atoms with E-state index in [0.29, 0.717) is 28.5 Å². The smallest absolute Gasteiger partial charge is 0.325 e. The van der Waals surface area contributed by atoms with Crippen LogP contribution in [0.25, 0.3) is 0 Å². The van der Waals surface area contributed by atoms with Crippen molar-refractivity contribution in [1.29, 1.82) is 0 Å². The first-order valence-electron chi connectivity index (χ1n) is 10.8. The summed E-state index contributed by atoms with van der Waals surface area (Å²) in [6, 6.07) is 12.2. The Bertz CT molecular complexity index is 947. The van der Waals surface area contributed by atoms with Crippen molar-refractivity contribution in [3.63, 3.8) is 0 Å². The molecule has 2 aromatic carbocycles. The zero-order valence-electron chi connectivity index (χ0n) is 18.5. The average Bonchev–Trinajstić information content (AvgIpc) is 2.85. The summed E-state index contributed by atoms with van der Waals surface area (Å²) >= 11 is 0. The number of methoxy groups -OCH3 is 2. The Kier molecular flexibility index (Phi) is 8.25. The van der Waals surface area contributed by atoms with E-state index in [1.165, 1.54) is 58.0 Å². The van der Waals surface area contributed by atoms with Gasteiger partial charge in [-0.25, -0.2) is 0 Å². The molecule has 170 valence electrons. The van der Waals surface area contributed by atoms with Crippen LogP contribution in [0.5, 0.6) is 11.5 Å². The summed E-state index contributed by atoms with van der Waals surface area (Å²) < 4.78 is 15.3. The molecule has 0 unspecified atom stereocenters. The van der Waals surface area contributed by atoms with Crippen molar-refractivity contribution in [2.75, 3.05) is 27.4 Å². The first kappa shape index (κ1) is 23.3. The van der Waals surface area contributed by atoms with Crippen molar-refractivity contribution in [3.05, 3.63) is 59.2 Å². The van der Waals surface area contributed by atoms with Gasteiger partial charge in [-0.2, -0.15) is 0 Å². The normalized spacial score (nSPS) is 13.8. The molecule has 1 aliphatic rings. The molecule has 0 aromatic heterocycles. The third-order valence-corrected chi connectivity index (χ3v) is 5.71.